The van der Waals surface area contributed by atoms with Gasteiger partial charge in [0.15, 0.2) is 0 Å². The number of carbonyl (C=O) groups is 1. The number of hydrogen-bond donors (Lipinski definition) is 1. The SMILES string of the molecule is COCC#Cc1ccccc1CC(=O)O. The van der Waals surface area contributed by atoms with Crippen molar-refractivity contribution in [3.05, 3.63) is 35.4 Å². The van der Waals surface area contributed by atoms with Crippen LogP contribution in [0.3, 0.4) is 0 Å². The maximum atomic E-state index is 10.6. The van der Waals surface area contributed by atoms with E-state index >= 15 is 0 Å². The molecule has 0 spiro atoms. The number of rotatable bonds is 3. The zero-order valence-corrected chi connectivity index (χ0v) is 8.49. The van der Waals surface area contributed by atoms with Crippen molar-refractivity contribution >= 4 is 5.97 Å². The highest BCUT2D eigenvalue weighted by molar-refractivity contribution is 5.71. The van der Waals surface area contributed by atoms with E-state index in [-0.39, 0.29) is 6.42 Å². The molecule has 0 unspecified atom stereocenters. The summed E-state index contributed by atoms with van der Waals surface area (Å²) in [6.45, 7) is 0.349. The normalized spacial score (nSPS) is 9.13. The van der Waals surface area contributed by atoms with Gasteiger partial charge in [0.05, 0.1) is 6.42 Å². The molecule has 3 heteroatoms. The molecule has 0 radical (unpaired) electrons. The molecule has 0 aromatic heterocycles. The van der Waals surface area contributed by atoms with Crippen LogP contribution < -0.4 is 0 Å². The van der Waals surface area contributed by atoms with Crippen LogP contribution in [0.4, 0.5) is 0 Å². The number of carboxylic acids is 1. The Kier molecular flexibility index (Phi) is 4.39. The Morgan fingerprint density at radius 2 is 2.20 bits per heavy atom. The zero-order valence-electron chi connectivity index (χ0n) is 8.49. The third-order valence-corrected chi connectivity index (χ3v) is 1.80. The Bertz CT molecular complexity index is 399. The van der Waals surface area contributed by atoms with Gasteiger partial charge in [-0.25, -0.2) is 0 Å². The highest BCUT2D eigenvalue weighted by Crippen LogP contribution is 2.07. The molecule has 0 atom stereocenters. The number of aliphatic carboxylic acids is 1. The van der Waals surface area contributed by atoms with Crippen LogP contribution in [0.1, 0.15) is 11.1 Å². The largest absolute Gasteiger partial charge is 0.481 e. The topological polar surface area (TPSA) is 46.5 Å². The van der Waals surface area contributed by atoms with Crippen LogP contribution in [0.15, 0.2) is 24.3 Å². The molecule has 15 heavy (non-hydrogen) atoms. The van der Waals surface area contributed by atoms with E-state index in [0.717, 1.165) is 11.1 Å². The van der Waals surface area contributed by atoms with E-state index in [1.807, 2.05) is 6.07 Å². The predicted octanol–water partition coefficient (Wildman–Crippen LogP) is 1.31. The summed E-state index contributed by atoms with van der Waals surface area (Å²) in [5, 5.41) is 8.69. The monoisotopic (exact) mass is 204 g/mol. The quantitative estimate of drug-likeness (QED) is 0.755. The molecule has 1 rings (SSSR count). The highest BCUT2D eigenvalue weighted by Gasteiger charge is 2.03. The van der Waals surface area contributed by atoms with Gasteiger partial charge >= 0.3 is 5.97 Å². The van der Waals surface area contributed by atoms with Crippen molar-refractivity contribution in [3.63, 3.8) is 0 Å². The van der Waals surface area contributed by atoms with Crippen molar-refractivity contribution in [1.82, 2.24) is 0 Å². The Morgan fingerprint density at radius 3 is 2.87 bits per heavy atom. The summed E-state index contributed by atoms with van der Waals surface area (Å²) in [6.07, 6.45) is -0.00215. The van der Waals surface area contributed by atoms with Crippen molar-refractivity contribution in [2.45, 2.75) is 6.42 Å². The average molecular weight is 204 g/mol. The van der Waals surface area contributed by atoms with Crippen LogP contribution >= 0.6 is 0 Å². The molecular formula is C12H12O3. The molecule has 0 amide bonds. The summed E-state index contributed by atoms with van der Waals surface area (Å²) in [7, 11) is 1.57. The highest BCUT2D eigenvalue weighted by atomic mass is 16.5. The molecule has 3 nitrogen and oxygen atoms in total. The first-order valence-corrected chi connectivity index (χ1v) is 4.51. The first-order chi connectivity index (χ1) is 7.24. The molecule has 0 bridgehead atoms. The summed E-state index contributed by atoms with van der Waals surface area (Å²) in [5.74, 6) is 4.83. The van der Waals surface area contributed by atoms with E-state index in [9.17, 15) is 4.79 Å². The maximum absolute atomic E-state index is 10.6. The minimum atomic E-state index is -0.851. The minimum absolute atomic E-state index is 0.00215. The Labute approximate surface area is 88.7 Å². The van der Waals surface area contributed by atoms with Gasteiger partial charge in [-0.15, -0.1) is 0 Å². The second-order valence-electron chi connectivity index (χ2n) is 2.96. The lowest BCUT2D eigenvalue weighted by Crippen LogP contribution is -2.01. The molecule has 1 aromatic rings. The van der Waals surface area contributed by atoms with Gasteiger partial charge in [-0.1, -0.05) is 30.0 Å². The van der Waals surface area contributed by atoms with Crippen molar-refractivity contribution in [2.24, 2.45) is 0 Å². The second kappa shape index (κ2) is 5.84. The van der Waals surface area contributed by atoms with Gasteiger partial charge < -0.3 is 9.84 Å². The standard InChI is InChI=1S/C12H12O3/c1-15-8-4-7-10-5-2-3-6-11(10)9-12(13)14/h2-3,5-6H,8-9H2,1H3,(H,13,14). The van der Waals surface area contributed by atoms with Crippen molar-refractivity contribution in [1.29, 1.82) is 0 Å². The lowest BCUT2D eigenvalue weighted by Gasteiger charge is -1.99. The van der Waals surface area contributed by atoms with Crippen molar-refractivity contribution in [3.8, 4) is 11.8 Å². The van der Waals surface area contributed by atoms with Gasteiger partial charge in [0.2, 0.25) is 0 Å². The van der Waals surface area contributed by atoms with Crippen molar-refractivity contribution < 1.29 is 14.6 Å². The third kappa shape index (κ3) is 3.84. The van der Waals surface area contributed by atoms with Crippen LogP contribution in [-0.2, 0) is 16.0 Å². The summed E-state index contributed by atoms with van der Waals surface area (Å²) >= 11 is 0. The molecule has 0 aliphatic heterocycles. The first kappa shape index (κ1) is 11.3. The van der Waals surface area contributed by atoms with Gasteiger partial charge in [-0.2, -0.15) is 0 Å². The van der Waals surface area contributed by atoms with E-state index in [1.54, 1.807) is 25.3 Å². The van der Waals surface area contributed by atoms with Gasteiger partial charge in [-0.3, -0.25) is 4.79 Å². The summed E-state index contributed by atoms with van der Waals surface area (Å²) < 4.78 is 4.79. The van der Waals surface area contributed by atoms with Gasteiger partial charge in [0, 0.05) is 12.7 Å². The summed E-state index contributed by atoms with van der Waals surface area (Å²) in [4.78, 5) is 10.6. The summed E-state index contributed by atoms with van der Waals surface area (Å²) in [6, 6.07) is 7.22. The Hall–Kier alpha value is -1.79. The van der Waals surface area contributed by atoms with E-state index in [2.05, 4.69) is 11.8 Å². The lowest BCUT2D eigenvalue weighted by atomic mass is 10.1. The Morgan fingerprint density at radius 1 is 1.47 bits per heavy atom. The molecule has 1 aromatic carbocycles. The molecular weight excluding hydrogens is 192 g/mol. The molecule has 0 aliphatic rings. The van der Waals surface area contributed by atoms with Crippen LogP contribution in [-0.4, -0.2) is 24.8 Å². The van der Waals surface area contributed by atoms with E-state index in [1.165, 1.54) is 0 Å². The van der Waals surface area contributed by atoms with Crippen molar-refractivity contribution in [2.75, 3.05) is 13.7 Å². The molecule has 0 saturated carbocycles. The van der Waals surface area contributed by atoms with Crippen LogP contribution in [0.25, 0.3) is 0 Å². The smallest absolute Gasteiger partial charge is 0.307 e. The fourth-order valence-electron chi connectivity index (χ4n) is 1.16. The number of methoxy groups -OCH3 is 1. The second-order valence-corrected chi connectivity index (χ2v) is 2.96. The van der Waals surface area contributed by atoms with E-state index in [0.29, 0.717) is 6.61 Å². The molecule has 1 N–H and O–H groups in total. The van der Waals surface area contributed by atoms with Gasteiger partial charge in [0.25, 0.3) is 0 Å². The zero-order chi connectivity index (χ0) is 11.1. The van der Waals surface area contributed by atoms with E-state index in [4.69, 9.17) is 9.84 Å². The first-order valence-electron chi connectivity index (χ1n) is 4.51. The fourth-order valence-corrected chi connectivity index (χ4v) is 1.16. The number of hydrogen-bond acceptors (Lipinski definition) is 2. The number of benzene rings is 1. The number of ether oxygens (including phenoxy) is 1. The molecule has 0 aliphatic carbocycles. The average Bonchev–Trinajstić information content (AvgIpc) is 2.20. The molecule has 0 saturated heterocycles. The third-order valence-electron chi connectivity index (χ3n) is 1.80. The maximum Gasteiger partial charge on any atom is 0.307 e. The summed E-state index contributed by atoms with van der Waals surface area (Å²) in [5.41, 5.74) is 1.48. The van der Waals surface area contributed by atoms with Crippen LogP contribution in [0.2, 0.25) is 0 Å². The molecule has 0 heterocycles. The predicted molar refractivity (Wildman–Crippen MR) is 56.5 cm³/mol. The number of carboxylic acid groups (broad SMARTS) is 1. The Balaban J connectivity index is 2.87. The molecule has 78 valence electrons. The van der Waals surface area contributed by atoms with E-state index < -0.39 is 5.97 Å². The van der Waals surface area contributed by atoms with Crippen LogP contribution in [0.5, 0.6) is 0 Å². The molecule has 0 fully saturated rings. The minimum Gasteiger partial charge on any atom is -0.481 e. The lowest BCUT2D eigenvalue weighted by molar-refractivity contribution is -0.136. The van der Waals surface area contributed by atoms with Gasteiger partial charge in [0.1, 0.15) is 6.61 Å². The fraction of sp³-hybridized carbons (Fsp3) is 0.250. The van der Waals surface area contributed by atoms with Crippen LogP contribution in [0, 0.1) is 11.8 Å². The van der Waals surface area contributed by atoms with Gasteiger partial charge in [-0.05, 0) is 11.6 Å².